The van der Waals surface area contributed by atoms with Crippen molar-refractivity contribution in [3.05, 3.63) is 60.7 Å². The van der Waals surface area contributed by atoms with Gasteiger partial charge in [0.05, 0.1) is 0 Å². The summed E-state index contributed by atoms with van der Waals surface area (Å²) in [6.45, 7) is 6.92. The van der Waals surface area contributed by atoms with Crippen LogP contribution in [-0.4, -0.2) is 5.66 Å². The van der Waals surface area contributed by atoms with Gasteiger partial charge in [0.1, 0.15) is 7.14 Å². The Morgan fingerprint density at radius 1 is 0.875 bits per heavy atom. The summed E-state index contributed by atoms with van der Waals surface area (Å²) in [6.07, 6.45) is 3.54. The molecule has 2 aromatic carbocycles. The van der Waals surface area contributed by atoms with Crippen LogP contribution in [0.25, 0.3) is 0 Å². The third-order valence-electron chi connectivity index (χ3n) is 5.73. The summed E-state index contributed by atoms with van der Waals surface area (Å²) in [4.78, 5) is 0. The van der Waals surface area contributed by atoms with Crippen LogP contribution in [0.5, 0.6) is 0 Å². The lowest BCUT2D eigenvalue weighted by atomic mass is 9.77. The van der Waals surface area contributed by atoms with Crippen molar-refractivity contribution in [2.45, 2.75) is 45.7 Å². The molecule has 1 nitrogen and oxygen atoms in total. The first-order valence-corrected chi connectivity index (χ1v) is 11.0. The molecule has 0 saturated heterocycles. The predicted octanol–water partition coefficient (Wildman–Crippen LogP) is 5.46. The zero-order valence-electron chi connectivity index (χ0n) is 15.1. The number of rotatable bonds is 4. The minimum Gasteiger partial charge on any atom is -0.313 e. The van der Waals surface area contributed by atoms with E-state index in [1.165, 1.54) is 12.8 Å². The fraction of sp³-hybridized carbons (Fsp3) is 0.455. The predicted molar refractivity (Wildman–Crippen MR) is 105 cm³/mol. The van der Waals surface area contributed by atoms with Crippen molar-refractivity contribution in [1.82, 2.24) is 0 Å². The zero-order valence-corrected chi connectivity index (χ0v) is 16.0. The van der Waals surface area contributed by atoms with Gasteiger partial charge in [0.15, 0.2) is 0 Å². The van der Waals surface area contributed by atoms with Crippen LogP contribution in [0.15, 0.2) is 60.7 Å². The van der Waals surface area contributed by atoms with Crippen LogP contribution in [-0.2, 0) is 4.57 Å². The molecule has 3 rings (SSSR count). The van der Waals surface area contributed by atoms with Gasteiger partial charge >= 0.3 is 0 Å². The molecule has 3 unspecified atom stereocenters. The first-order valence-electron chi connectivity index (χ1n) is 9.24. The monoisotopic (exact) mass is 340 g/mol. The lowest BCUT2D eigenvalue weighted by Crippen LogP contribution is -2.38. The Bertz CT molecular complexity index is 649. The van der Waals surface area contributed by atoms with Gasteiger partial charge in [-0.25, -0.2) is 0 Å². The Labute approximate surface area is 146 Å². The second-order valence-electron chi connectivity index (χ2n) is 7.72. The van der Waals surface area contributed by atoms with Crippen LogP contribution in [0.3, 0.4) is 0 Å². The Hall–Kier alpha value is -1.33. The number of benzene rings is 2. The van der Waals surface area contributed by atoms with E-state index in [-0.39, 0.29) is 5.66 Å². The highest BCUT2D eigenvalue weighted by Crippen LogP contribution is 2.57. The fourth-order valence-corrected chi connectivity index (χ4v) is 8.38. The highest BCUT2D eigenvalue weighted by Gasteiger charge is 2.44. The molecule has 1 aliphatic rings. The molecule has 0 spiro atoms. The van der Waals surface area contributed by atoms with Gasteiger partial charge in [-0.05, 0) is 30.6 Å². The normalized spacial score (nSPS) is 24.9. The molecule has 2 aromatic rings. The molecule has 1 fully saturated rings. The summed E-state index contributed by atoms with van der Waals surface area (Å²) in [5, 5.41) is 2.06. The van der Waals surface area contributed by atoms with Crippen LogP contribution < -0.4 is 10.6 Å². The van der Waals surface area contributed by atoms with Crippen molar-refractivity contribution in [2.75, 3.05) is 0 Å². The van der Waals surface area contributed by atoms with Crippen LogP contribution in [0.1, 0.15) is 40.0 Å². The summed E-state index contributed by atoms with van der Waals surface area (Å²) in [7, 11) is -2.65. The van der Waals surface area contributed by atoms with Crippen molar-refractivity contribution in [2.24, 2.45) is 17.8 Å². The number of hydrogen-bond acceptors (Lipinski definition) is 1. The summed E-state index contributed by atoms with van der Waals surface area (Å²) >= 11 is 0. The molecule has 0 radical (unpaired) electrons. The molecule has 0 aromatic heterocycles. The summed E-state index contributed by atoms with van der Waals surface area (Å²) in [5.41, 5.74) is 0.256. The Morgan fingerprint density at radius 3 is 1.83 bits per heavy atom. The third kappa shape index (κ3) is 3.24. The van der Waals surface area contributed by atoms with Crippen LogP contribution in [0.4, 0.5) is 0 Å². The SMILES string of the molecule is CC1CCC(C(C)C)C(P(=O)(c2ccccc2)c2ccccc2)C1. The van der Waals surface area contributed by atoms with Gasteiger partial charge in [-0.2, -0.15) is 0 Å². The van der Waals surface area contributed by atoms with Gasteiger partial charge < -0.3 is 4.57 Å². The molecule has 1 aliphatic carbocycles. The van der Waals surface area contributed by atoms with E-state index in [0.717, 1.165) is 17.0 Å². The van der Waals surface area contributed by atoms with Crippen molar-refractivity contribution in [3.8, 4) is 0 Å². The smallest absolute Gasteiger partial charge is 0.146 e. The molecule has 0 heterocycles. The van der Waals surface area contributed by atoms with Crippen LogP contribution in [0.2, 0.25) is 0 Å². The van der Waals surface area contributed by atoms with E-state index in [1.807, 2.05) is 36.4 Å². The van der Waals surface area contributed by atoms with Gasteiger partial charge in [-0.3, -0.25) is 0 Å². The maximum Gasteiger partial charge on any atom is 0.146 e. The standard InChI is InChI=1S/C22H29OP/c1-17(2)21-15-14-18(3)16-22(21)24(23,19-10-6-4-7-11-19)20-12-8-5-9-13-20/h4-13,17-18,21-22H,14-16H2,1-3H3. The van der Waals surface area contributed by atoms with Crippen molar-refractivity contribution >= 4 is 17.8 Å². The highest BCUT2D eigenvalue weighted by molar-refractivity contribution is 7.79. The van der Waals surface area contributed by atoms with Crippen molar-refractivity contribution in [1.29, 1.82) is 0 Å². The molecular formula is C22H29OP. The molecule has 0 aliphatic heterocycles. The van der Waals surface area contributed by atoms with Crippen LogP contribution >= 0.6 is 7.14 Å². The summed E-state index contributed by atoms with van der Waals surface area (Å²) in [6, 6.07) is 20.4. The highest BCUT2D eigenvalue weighted by atomic mass is 31.2. The van der Waals surface area contributed by atoms with E-state index in [4.69, 9.17) is 0 Å². The van der Waals surface area contributed by atoms with E-state index in [9.17, 15) is 4.57 Å². The van der Waals surface area contributed by atoms with E-state index in [1.54, 1.807) is 0 Å². The minimum absolute atomic E-state index is 0.256. The Kier molecular flexibility index (Phi) is 5.30. The second kappa shape index (κ2) is 7.28. The zero-order chi connectivity index (χ0) is 17.2. The van der Waals surface area contributed by atoms with E-state index < -0.39 is 7.14 Å². The lowest BCUT2D eigenvalue weighted by molar-refractivity contribution is 0.238. The number of hydrogen-bond donors (Lipinski definition) is 0. The molecule has 2 heteroatoms. The first-order chi connectivity index (χ1) is 11.5. The van der Waals surface area contributed by atoms with E-state index in [2.05, 4.69) is 45.0 Å². The Balaban J connectivity index is 2.15. The van der Waals surface area contributed by atoms with Gasteiger partial charge in [-0.1, -0.05) is 87.9 Å². The van der Waals surface area contributed by atoms with Crippen LogP contribution in [0, 0.1) is 17.8 Å². The quantitative estimate of drug-likeness (QED) is 0.675. The molecule has 0 bridgehead atoms. The van der Waals surface area contributed by atoms with Crippen molar-refractivity contribution in [3.63, 3.8) is 0 Å². The first kappa shape index (κ1) is 17.5. The average molecular weight is 340 g/mol. The maximum absolute atomic E-state index is 14.6. The molecule has 24 heavy (non-hydrogen) atoms. The molecule has 0 amide bonds. The van der Waals surface area contributed by atoms with Crippen molar-refractivity contribution < 1.29 is 4.57 Å². The van der Waals surface area contributed by atoms with Gasteiger partial charge in [0.25, 0.3) is 0 Å². The molecule has 128 valence electrons. The van der Waals surface area contributed by atoms with E-state index in [0.29, 0.717) is 17.8 Å². The van der Waals surface area contributed by atoms with Gasteiger partial charge in [0, 0.05) is 16.3 Å². The Morgan fingerprint density at radius 2 is 1.38 bits per heavy atom. The molecular weight excluding hydrogens is 311 g/mol. The maximum atomic E-state index is 14.6. The third-order valence-corrected chi connectivity index (χ3v) is 9.39. The second-order valence-corrected chi connectivity index (χ2v) is 10.7. The minimum atomic E-state index is -2.65. The average Bonchev–Trinajstić information content (AvgIpc) is 2.62. The fourth-order valence-electron chi connectivity index (χ4n) is 4.40. The largest absolute Gasteiger partial charge is 0.313 e. The van der Waals surface area contributed by atoms with Gasteiger partial charge in [0.2, 0.25) is 0 Å². The van der Waals surface area contributed by atoms with Gasteiger partial charge in [-0.15, -0.1) is 0 Å². The van der Waals surface area contributed by atoms with E-state index >= 15 is 0 Å². The summed E-state index contributed by atoms with van der Waals surface area (Å²) in [5.74, 6) is 1.77. The molecule has 1 saturated carbocycles. The molecule has 3 atom stereocenters. The lowest BCUT2D eigenvalue weighted by Gasteiger charge is -2.42. The topological polar surface area (TPSA) is 17.1 Å². The summed E-state index contributed by atoms with van der Waals surface area (Å²) < 4.78 is 14.6. The molecule has 0 N–H and O–H groups in total.